The van der Waals surface area contributed by atoms with Gasteiger partial charge in [0.15, 0.2) is 0 Å². The predicted octanol–water partition coefficient (Wildman–Crippen LogP) is 5.94. The molecule has 1 aromatic rings. The first-order valence-corrected chi connectivity index (χ1v) is 9.86. The molecule has 1 atom stereocenters. The van der Waals surface area contributed by atoms with Crippen molar-refractivity contribution in [1.29, 1.82) is 0 Å². The van der Waals surface area contributed by atoms with Crippen LogP contribution in [-0.4, -0.2) is 24.0 Å². The third-order valence-electron chi connectivity index (χ3n) is 3.74. The second kappa shape index (κ2) is 15.9. The van der Waals surface area contributed by atoms with Gasteiger partial charge in [-0.15, -0.1) is 0 Å². The van der Waals surface area contributed by atoms with Crippen molar-refractivity contribution in [3.8, 4) is 0 Å². The van der Waals surface area contributed by atoms with Crippen LogP contribution in [0, 0.1) is 0 Å². The number of fused-ring (bicyclic) bond motifs is 1. The molecule has 0 saturated heterocycles. The Labute approximate surface area is 146 Å². The first-order chi connectivity index (χ1) is 11.3. The van der Waals surface area contributed by atoms with E-state index < -0.39 is 0 Å². The van der Waals surface area contributed by atoms with Gasteiger partial charge < -0.3 is 5.73 Å². The van der Waals surface area contributed by atoms with Gasteiger partial charge in [0.1, 0.15) is 0 Å². The summed E-state index contributed by atoms with van der Waals surface area (Å²) in [6.45, 7) is 19.0. The topological polar surface area (TPSA) is 29.3 Å². The molecule has 0 saturated carbocycles. The number of rotatable bonds is 5. The SMILES string of the molecule is CC.CC.CC.CCCN(CCC)C1Cc2cccc(N)c2C1. The summed E-state index contributed by atoms with van der Waals surface area (Å²) in [7, 11) is 0. The Hall–Kier alpha value is -1.02. The molecule has 0 fully saturated rings. The van der Waals surface area contributed by atoms with Crippen molar-refractivity contribution in [2.75, 3.05) is 18.8 Å². The quantitative estimate of drug-likeness (QED) is 0.680. The molecule has 2 rings (SSSR count). The highest BCUT2D eigenvalue weighted by molar-refractivity contribution is 5.53. The fourth-order valence-electron chi connectivity index (χ4n) is 2.97. The first kappa shape index (κ1) is 24.2. The fraction of sp³-hybridized carbons (Fsp3) is 0.714. The Morgan fingerprint density at radius 3 is 1.87 bits per heavy atom. The van der Waals surface area contributed by atoms with Crippen LogP contribution in [0.3, 0.4) is 0 Å². The third-order valence-corrected chi connectivity index (χ3v) is 3.74. The van der Waals surface area contributed by atoms with Gasteiger partial charge in [0.05, 0.1) is 0 Å². The van der Waals surface area contributed by atoms with E-state index in [1.165, 1.54) is 43.5 Å². The van der Waals surface area contributed by atoms with Crippen LogP contribution in [-0.2, 0) is 12.8 Å². The summed E-state index contributed by atoms with van der Waals surface area (Å²) in [6.07, 6.45) is 4.80. The molecule has 0 amide bonds. The van der Waals surface area contributed by atoms with Crippen LogP contribution in [0.4, 0.5) is 5.69 Å². The highest BCUT2D eigenvalue weighted by Crippen LogP contribution is 2.29. The summed E-state index contributed by atoms with van der Waals surface area (Å²) in [6, 6.07) is 7.03. The third kappa shape index (κ3) is 7.87. The van der Waals surface area contributed by atoms with Crippen molar-refractivity contribution in [3.63, 3.8) is 0 Å². The van der Waals surface area contributed by atoms with E-state index in [-0.39, 0.29) is 0 Å². The predicted molar refractivity (Wildman–Crippen MR) is 108 cm³/mol. The number of hydrogen-bond donors (Lipinski definition) is 1. The van der Waals surface area contributed by atoms with Crippen LogP contribution in [0.1, 0.15) is 79.4 Å². The summed E-state index contributed by atoms with van der Waals surface area (Å²) < 4.78 is 0. The van der Waals surface area contributed by atoms with Crippen molar-refractivity contribution in [1.82, 2.24) is 4.90 Å². The lowest BCUT2D eigenvalue weighted by atomic mass is 10.1. The van der Waals surface area contributed by atoms with Crippen LogP contribution >= 0.6 is 0 Å². The van der Waals surface area contributed by atoms with Crippen molar-refractivity contribution in [3.05, 3.63) is 29.3 Å². The second-order valence-electron chi connectivity index (χ2n) is 5.08. The monoisotopic (exact) mass is 322 g/mol. The smallest absolute Gasteiger partial charge is 0.0349 e. The minimum Gasteiger partial charge on any atom is -0.398 e. The highest BCUT2D eigenvalue weighted by atomic mass is 15.1. The summed E-state index contributed by atoms with van der Waals surface area (Å²) in [4.78, 5) is 2.64. The van der Waals surface area contributed by atoms with Crippen LogP contribution in [0.5, 0.6) is 0 Å². The van der Waals surface area contributed by atoms with E-state index >= 15 is 0 Å². The maximum atomic E-state index is 6.06. The molecule has 1 aromatic carbocycles. The molecule has 0 bridgehead atoms. The van der Waals surface area contributed by atoms with E-state index in [0.717, 1.165) is 12.1 Å². The Balaban J connectivity index is 0. The summed E-state index contributed by atoms with van der Waals surface area (Å²) >= 11 is 0. The zero-order valence-corrected chi connectivity index (χ0v) is 17.1. The number of nitrogens with zero attached hydrogens (tertiary/aromatic N) is 1. The lowest BCUT2D eigenvalue weighted by Gasteiger charge is -2.27. The van der Waals surface area contributed by atoms with Crippen molar-refractivity contribution >= 4 is 5.69 Å². The van der Waals surface area contributed by atoms with E-state index in [2.05, 4.69) is 30.9 Å². The molecule has 1 unspecified atom stereocenters. The molecular weight excluding hydrogens is 280 g/mol. The van der Waals surface area contributed by atoms with E-state index in [4.69, 9.17) is 5.73 Å². The Morgan fingerprint density at radius 1 is 0.913 bits per heavy atom. The average Bonchev–Trinajstić information content (AvgIpc) is 3.06. The Bertz CT molecular complexity index is 368. The molecule has 2 N–H and O–H groups in total. The summed E-state index contributed by atoms with van der Waals surface area (Å²) in [5, 5.41) is 0. The normalized spacial score (nSPS) is 14.6. The van der Waals surface area contributed by atoms with Gasteiger partial charge in [-0.25, -0.2) is 0 Å². The molecule has 2 nitrogen and oxygen atoms in total. The number of benzene rings is 1. The molecule has 0 aromatic heterocycles. The van der Waals surface area contributed by atoms with Crippen LogP contribution in [0.25, 0.3) is 0 Å². The molecule has 2 heteroatoms. The molecule has 0 spiro atoms. The lowest BCUT2D eigenvalue weighted by molar-refractivity contribution is 0.202. The van der Waals surface area contributed by atoms with Crippen LogP contribution in [0.15, 0.2) is 18.2 Å². The van der Waals surface area contributed by atoms with Gasteiger partial charge in [-0.3, -0.25) is 4.90 Å². The van der Waals surface area contributed by atoms with Gasteiger partial charge in [0.2, 0.25) is 0 Å². The Kier molecular flexibility index (Phi) is 16.7. The molecule has 1 aliphatic carbocycles. The zero-order valence-electron chi connectivity index (χ0n) is 17.1. The molecule has 136 valence electrons. The lowest BCUT2D eigenvalue weighted by Crippen LogP contribution is -2.37. The zero-order chi connectivity index (χ0) is 18.3. The van der Waals surface area contributed by atoms with Crippen molar-refractivity contribution in [2.24, 2.45) is 0 Å². The van der Waals surface area contributed by atoms with Gasteiger partial charge >= 0.3 is 0 Å². The number of anilines is 1. The average molecular weight is 323 g/mol. The molecular formula is C21H42N2. The largest absolute Gasteiger partial charge is 0.398 e. The maximum Gasteiger partial charge on any atom is 0.0349 e. The number of nitrogens with two attached hydrogens (primary N) is 1. The standard InChI is InChI=1S/C15H24N2.3C2H6/c1-3-8-17(9-4-2)13-10-12-6-5-7-15(16)14(12)11-13;3*1-2/h5-7,13H,3-4,8-11,16H2,1-2H3;3*1-2H3. The Morgan fingerprint density at radius 2 is 1.43 bits per heavy atom. The molecule has 1 aliphatic rings. The molecule has 0 aliphatic heterocycles. The van der Waals surface area contributed by atoms with Crippen LogP contribution in [0.2, 0.25) is 0 Å². The van der Waals surface area contributed by atoms with Crippen molar-refractivity contribution in [2.45, 2.75) is 87.1 Å². The van der Waals surface area contributed by atoms with Gasteiger partial charge in [0.25, 0.3) is 0 Å². The van der Waals surface area contributed by atoms with E-state index in [9.17, 15) is 0 Å². The minimum absolute atomic E-state index is 0.676. The van der Waals surface area contributed by atoms with Gasteiger partial charge in [-0.1, -0.05) is 67.5 Å². The summed E-state index contributed by atoms with van der Waals surface area (Å²) in [5.41, 5.74) is 9.91. The molecule has 0 heterocycles. The van der Waals surface area contributed by atoms with Crippen molar-refractivity contribution < 1.29 is 0 Å². The van der Waals surface area contributed by atoms with Gasteiger partial charge in [-0.05, 0) is 56.0 Å². The highest BCUT2D eigenvalue weighted by Gasteiger charge is 2.26. The maximum absolute atomic E-state index is 6.06. The number of hydrogen-bond acceptors (Lipinski definition) is 2. The summed E-state index contributed by atoms with van der Waals surface area (Å²) in [5.74, 6) is 0. The van der Waals surface area contributed by atoms with E-state index in [0.29, 0.717) is 6.04 Å². The molecule has 0 radical (unpaired) electrons. The first-order valence-electron chi connectivity index (χ1n) is 9.86. The van der Waals surface area contributed by atoms with E-state index in [1.54, 1.807) is 0 Å². The molecule has 23 heavy (non-hydrogen) atoms. The van der Waals surface area contributed by atoms with Crippen LogP contribution < -0.4 is 5.73 Å². The van der Waals surface area contributed by atoms with Gasteiger partial charge in [0, 0.05) is 11.7 Å². The second-order valence-corrected chi connectivity index (χ2v) is 5.08. The van der Waals surface area contributed by atoms with E-state index in [1.807, 2.05) is 47.6 Å². The fourth-order valence-corrected chi connectivity index (χ4v) is 2.97. The number of nitrogen functional groups attached to an aromatic ring is 1. The minimum atomic E-state index is 0.676. The van der Waals surface area contributed by atoms with Gasteiger partial charge in [-0.2, -0.15) is 0 Å².